The maximum atomic E-state index is 2.70. The third kappa shape index (κ3) is 34.4. The molecule has 0 radical (unpaired) electrons. The first-order valence-corrected chi connectivity index (χ1v) is 25.8. The lowest BCUT2D eigenvalue weighted by molar-refractivity contribution is -0.705. The molecule has 54 heavy (non-hydrogen) atoms. The molecule has 0 unspecified atom stereocenters. The molecule has 0 aliphatic carbocycles. The Labute approximate surface area is 342 Å². The van der Waals surface area contributed by atoms with Gasteiger partial charge < -0.3 is 0 Å². The van der Waals surface area contributed by atoms with E-state index in [0.29, 0.717) is 0 Å². The van der Waals surface area contributed by atoms with Gasteiger partial charge in [0, 0.05) is 24.5 Å². The van der Waals surface area contributed by atoms with E-state index in [9.17, 15) is 0 Å². The van der Waals surface area contributed by atoms with Gasteiger partial charge in [0.1, 0.15) is 6.54 Å². The Hall–Kier alpha value is -0.850. The minimum Gasteiger partial charge on any atom is -0.202 e. The summed E-state index contributed by atoms with van der Waals surface area (Å²) in [6.07, 6.45) is 65.7. The fraction of sp³-hybridized carbons (Fsp3) is 0.906. The summed E-state index contributed by atoms with van der Waals surface area (Å²) >= 11 is 0. The fourth-order valence-electron chi connectivity index (χ4n) is 8.85. The predicted octanol–water partition coefficient (Wildman–Crippen LogP) is 18.5. The third-order valence-corrected chi connectivity index (χ3v) is 12.6. The van der Waals surface area contributed by atoms with Crippen LogP contribution in [0, 0.1) is 0 Å². The van der Waals surface area contributed by atoms with Crippen LogP contribution < -0.4 is 4.57 Å². The topological polar surface area (TPSA) is 3.88 Å². The lowest BCUT2D eigenvalue weighted by Crippen LogP contribution is -2.39. The molecule has 0 fully saturated rings. The van der Waals surface area contributed by atoms with Crippen molar-refractivity contribution in [2.24, 2.45) is 0 Å². The van der Waals surface area contributed by atoms with Gasteiger partial charge in [-0.3, -0.25) is 0 Å². The van der Waals surface area contributed by atoms with Crippen molar-refractivity contribution in [1.29, 1.82) is 0 Å². The zero-order valence-electron chi connectivity index (χ0n) is 38.0. The van der Waals surface area contributed by atoms with Crippen LogP contribution in [0.1, 0.15) is 302 Å². The van der Waals surface area contributed by atoms with Crippen molar-refractivity contribution in [3.63, 3.8) is 0 Å². The van der Waals surface area contributed by atoms with E-state index in [4.69, 9.17) is 0 Å². The quantitative estimate of drug-likeness (QED) is 0.0461. The first-order valence-electron chi connectivity index (χ1n) is 25.8. The van der Waals surface area contributed by atoms with Gasteiger partial charge >= 0.3 is 0 Å². The number of pyridine rings is 1. The van der Waals surface area contributed by atoms with Crippen LogP contribution in [0.2, 0.25) is 0 Å². The lowest BCUT2D eigenvalue weighted by Gasteiger charge is -2.11. The molecule has 318 valence electrons. The molecule has 0 aromatic carbocycles. The molecule has 0 spiro atoms. The second kappa shape index (κ2) is 43.3. The number of nitrogens with zero attached hydrogens (tertiary/aromatic N) is 1. The minimum absolute atomic E-state index is 1.23. The first kappa shape index (κ1) is 51.2. The monoisotopic (exact) mass is 753 g/mol. The molecule has 0 N–H and O–H groups in total. The number of hydrogen-bond donors (Lipinski definition) is 0. The second-order valence-corrected chi connectivity index (χ2v) is 18.0. The van der Waals surface area contributed by atoms with Crippen LogP contribution in [0.5, 0.6) is 0 Å². The van der Waals surface area contributed by atoms with Gasteiger partial charge in [-0.15, -0.1) is 0 Å². The van der Waals surface area contributed by atoms with Gasteiger partial charge in [-0.2, -0.15) is 0 Å². The molecule has 1 rings (SSSR count). The number of hydrogen-bond acceptors (Lipinski definition) is 0. The van der Waals surface area contributed by atoms with Crippen LogP contribution in [0.4, 0.5) is 0 Å². The van der Waals surface area contributed by atoms with E-state index < -0.39 is 0 Å². The van der Waals surface area contributed by atoms with Gasteiger partial charge in [-0.25, -0.2) is 4.57 Å². The number of rotatable bonds is 45. The molecule has 0 aliphatic rings. The van der Waals surface area contributed by atoms with Gasteiger partial charge in [0.15, 0.2) is 11.9 Å². The normalized spacial score (nSPS) is 11.6. The van der Waals surface area contributed by atoms with E-state index in [2.05, 4.69) is 43.7 Å². The van der Waals surface area contributed by atoms with Crippen LogP contribution >= 0.6 is 0 Å². The van der Waals surface area contributed by atoms with Gasteiger partial charge in [-0.05, 0) is 31.7 Å². The molecule has 1 aromatic rings. The highest BCUT2D eigenvalue weighted by Gasteiger charge is 2.15. The molecule has 0 aliphatic heterocycles. The maximum absolute atomic E-state index is 2.70. The lowest BCUT2D eigenvalue weighted by atomic mass is 9.99. The zero-order valence-corrected chi connectivity index (χ0v) is 38.0. The summed E-state index contributed by atoms with van der Waals surface area (Å²) in [5.74, 6) is 0. The van der Waals surface area contributed by atoms with E-state index in [1.54, 1.807) is 11.3 Å². The molecule has 0 atom stereocenters. The zero-order chi connectivity index (χ0) is 38.7. The summed E-state index contributed by atoms with van der Waals surface area (Å²) in [4.78, 5) is 0. The van der Waals surface area contributed by atoms with E-state index in [0.717, 1.165) is 0 Å². The summed E-state index contributed by atoms with van der Waals surface area (Å²) in [6.45, 7) is 8.19. The first-order chi connectivity index (χ1) is 26.8. The van der Waals surface area contributed by atoms with Gasteiger partial charge in [-0.1, -0.05) is 265 Å². The van der Waals surface area contributed by atoms with E-state index >= 15 is 0 Å². The fourth-order valence-corrected chi connectivity index (χ4v) is 8.85. The van der Waals surface area contributed by atoms with Crippen molar-refractivity contribution in [1.82, 2.24) is 0 Å². The molecule has 1 nitrogen and oxygen atoms in total. The summed E-state index contributed by atoms with van der Waals surface area (Å²) in [5.41, 5.74) is 3.37. The smallest absolute Gasteiger partial charge is 0.184 e. The molecular weight excluding hydrogens is 651 g/mol. The van der Waals surface area contributed by atoms with Crippen molar-refractivity contribution in [2.75, 3.05) is 0 Å². The summed E-state index contributed by atoms with van der Waals surface area (Å²) < 4.78 is 2.70. The minimum atomic E-state index is 1.23. The maximum Gasteiger partial charge on any atom is 0.184 e. The number of aromatic nitrogens is 1. The average Bonchev–Trinajstić information content (AvgIpc) is 3.18. The predicted molar refractivity (Wildman–Crippen MR) is 245 cm³/mol. The van der Waals surface area contributed by atoms with E-state index in [1.807, 2.05) is 0 Å². The van der Waals surface area contributed by atoms with Crippen molar-refractivity contribution in [2.45, 2.75) is 310 Å². The number of aryl methyl sites for hydroxylation is 2. The van der Waals surface area contributed by atoms with Crippen molar-refractivity contribution in [3.05, 3.63) is 29.6 Å². The van der Waals surface area contributed by atoms with Crippen LogP contribution in [0.15, 0.2) is 18.3 Å². The van der Waals surface area contributed by atoms with Crippen LogP contribution in [-0.2, 0) is 19.4 Å². The van der Waals surface area contributed by atoms with Crippen molar-refractivity contribution < 1.29 is 4.57 Å². The Kier molecular flexibility index (Phi) is 41.0. The molecule has 0 bridgehead atoms. The highest BCUT2D eigenvalue weighted by Crippen LogP contribution is 2.19. The Morgan fingerprint density at radius 2 is 0.556 bits per heavy atom. The molecule has 1 heteroatoms. The second-order valence-electron chi connectivity index (χ2n) is 18.0. The Balaban J connectivity index is 2.32. The van der Waals surface area contributed by atoms with E-state index in [1.165, 1.54) is 289 Å². The summed E-state index contributed by atoms with van der Waals surface area (Å²) in [7, 11) is 0. The molecular formula is C53H102N+. The standard InChI is InChI=1S/C53H102N/c1-4-7-10-13-16-19-22-25-27-29-31-34-37-40-43-47-52-48-46-51-54(50-45-42-39-36-33-24-21-18-15-12-9-6-3)53(52)49-44-41-38-35-32-30-28-26-23-20-17-14-11-8-5-2/h46,48,51H,4-45,47,49-50H2,1-3H3/q+1. The molecule has 0 saturated heterocycles. The Morgan fingerprint density at radius 3 is 0.870 bits per heavy atom. The average molecular weight is 753 g/mol. The molecule has 0 amide bonds. The van der Waals surface area contributed by atoms with Crippen molar-refractivity contribution >= 4 is 0 Å². The largest absolute Gasteiger partial charge is 0.202 e. The number of unbranched alkanes of at least 4 members (excludes halogenated alkanes) is 39. The summed E-state index contributed by atoms with van der Waals surface area (Å²) in [6, 6.07) is 4.86. The molecule has 1 heterocycles. The highest BCUT2D eigenvalue weighted by molar-refractivity contribution is 5.16. The molecule has 1 aromatic heterocycles. The van der Waals surface area contributed by atoms with Crippen LogP contribution in [0.3, 0.4) is 0 Å². The van der Waals surface area contributed by atoms with Crippen LogP contribution in [-0.4, -0.2) is 0 Å². The Morgan fingerprint density at radius 1 is 0.296 bits per heavy atom. The van der Waals surface area contributed by atoms with Gasteiger partial charge in [0.05, 0.1) is 0 Å². The Bertz CT molecular complexity index is 844. The highest BCUT2D eigenvalue weighted by atomic mass is 15.0. The van der Waals surface area contributed by atoms with Gasteiger partial charge in [0.2, 0.25) is 0 Å². The summed E-state index contributed by atoms with van der Waals surface area (Å²) in [5, 5.41) is 0. The van der Waals surface area contributed by atoms with Crippen molar-refractivity contribution in [3.8, 4) is 0 Å². The van der Waals surface area contributed by atoms with E-state index in [-0.39, 0.29) is 0 Å². The SMILES string of the molecule is CCCCCCCCCCCCCCCCCc1ccc[n+](CCCCCCCCCCCCCC)c1CCCCCCCCCCCCCCCCC. The van der Waals surface area contributed by atoms with Crippen LogP contribution in [0.25, 0.3) is 0 Å². The molecule has 0 saturated carbocycles. The third-order valence-electron chi connectivity index (χ3n) is 12.6. The van der Waals surface area contributed by atoms with Gasteiger partial charge in [0.25, 0.3) is 0 Å².